The zero-order chi connectivity index (χ0) is 37.2. The maximum atomic E-state index is 14.8. The first-order valence-electron chi connectivity index (χ1n) is 17.9. The van der Waals surface area contributed by atoms with Crippen molar-refractivity contribution in [3.63, 3.8) is 0 Å². The summed E-state index contributed by atoms with van der Waals surface area (Å²) in [5.74, 6) is -0.877. The number of halogens is 2. The summed E-state index contributed by atoms with van der Waals surface area (Å²) in [7, 11) is 0. The summed E-state index contributed by atoms with van der Waals surface area (Å²) in [5, 5.41) is 9.39. The Morgan fingerprint density at radius 1 is 0.769 bits per heavy atom. The highest BCUT2D eigenvalue weighted by Crippen LogP contribution is 2.65. The molecular weight excluding hydrogens is 670 g/mol. The smallest absolute Gasteiger partial charge is 0.410 e. The van der Waals surface area contributed by atoms with Gasteiger partial charge in [-0.3, -0.25) is 14.5 Å². The van der Waals surface area contributed by atoms with Crippen LogP contribution in [0.25, 0.3) is 0 Å². The van der Waals surface area contributed by atoms with Crippen molar-refractivity contribution in [2.45, 2.75) is 50.0 Å². The van der Waals surface area contributed by atoms with Crippen LogP contribution in [-0.2, 0) is 15.6 Å². The second-order valence-corrected chi connectivity index (χ2v) is 15.6. The number of carbonyl (C=O) groups is 4. The van der Waals surface area contributed by atoms with Gasteiger partial charge in [-0.05, 0) is 92.7 Å². The Morgan fingerprint density at radius 2 is 1.23 bits per heavy atom. The molecule has 0 unspecified atom stereocenters. The monoisotopic (exact) mass is 714 g/mol. The maximum absolute atomic E-state index is 14.8. The van der Waals surface area contributed by atoms with Gasteiger partial charge in [-0.25, -0.2) is 18.4 Å². The van der Waals surface area contributed by atoms with Crippen LogP contribution in [0.1, 0.15) is 65.5 Å². The van der Waals surface area contributed by atoms with Crippen LogP contribution in [0.4, 0.5) is 18.4 Å². The molecule has 2 aliphatic carbocycles. The van der Waals surface area contributed by atoms with Gasteiger partial charge in [-0.2, -0.15) is 0 Å². The normalized spacial score (nSPS) is 28.6. The van der Waals surface area contributed by atoms with Crippen LogP contribution >= 0.6 is 0 Å². The minimum atomic E-state index is -1.00. The highest BCUT2D eigenvalue weighted by atomic mass is 19.1. The highest BCUT2D eigenvalue weighted by molar-refractivity contribution is 6.21. The molecule has 3 N–H and O–H groups in total. The summed E-state index contributed by atoms with van der Waals surface area (Å²) in [6.07, 6.45) is 0.130. The van der Waals surface area contributed by atoms with Gasteiger partial charge in [0.1, 0.15) is 17.2 Å². The molecule has 3 aromatic rings. The lowest BCUT2D eigenvalue weighted by molar-refractivity contribution is 0.0206. The lowest BCUT2D eigenvalue weighted by Gasteiger charge is -2.29. The van der Waals surface area contributed by atoms with Gasteiger partial charge in [0.05, 0.1) is 11.1 Å². The molecule has 0 radical (unpaired) electrons. The summed E-state index contributed by atoms with van der Waals surface area (Å²) in [6.45, 7) is 7.92. The van der Waals surface area contributed by atoms with Crippen molar-refractivity contribution in [1.82, 2.24) is 14.7 Å². The van der Waals surface area contributed by atoms with Crippen molar-refractivity contribution in [3.05, 3.63) is 107 Å². The van der Waals surface area contributed by atoms with E-state index < -0.39 is 17.1 Å². The summed E-state index contributed by atoms with van der Waals surface area (Å²) in [4.78, 5) is 53.9. The van der Waals surface area contributed by atoms with Crippen molar-refractivity contribution < 1.29 is 37.8 Å². The first-order valence-corrected chi connectivity index (χ1v) is 17.9. The number of fused-ring (bicyclic) bond motifs is 3. The van der Waals surface area contributed by atoms with Crippen LogP contribution in [0.3, 0.4) is 0 Å². The Kier molecular flexibility index (Phi) is 8.88. The minimum absolute atomic E-state index is 0.0271. The summed E-state index contributed by atoms with van der Waals surface area (Å²) >= 11 is 0. The number of rotatable bonds is 5. The molecule has 52 heavy (non-hydrogen) atoms. The molecule has 274 valence electrons. The molecule has 6 atom stereocenters. The molecule has 5 aliphatic rings. The predicted octanol–water partition coefficient (Wildman–Crippen LogP) is 5.90. The molecule has 8 rings (SSSR count). The average Bonchev–Trinajstić information content (AvgIpc) is 3.96. The number of carboxylic acid groups (broad SMARTS) is 1. The molecule has 0 bridgehead atoms. The van der Waals surface area contributed by atoms with Gasteiger partial charge < -0.3 is 25.4 Å². The fraction of sp³-hybridized carbons (Fsp3) is 0.450. The summed E-state index contributed by atoms with van der Waals surface area (Å²) in [6, 6.07) is 19.9. The molecule has 4 amide bonds. The number of amides is 4. The number of carbonyl (C=O) groups excluding carboxylic acids is 3. The van der Waals surface area contributed by atoms with E-state index in [9.17, 15) is 33.1 Å². The third kappa shape index (κ3) is 5.81. The first-order chi connectivity index (χ1) is 24.7. The summed E-state index contributed by atoms with van der Waals surface area (Å²) in [5.41, 5.74) is 6.32. The van der Waals surface area contributed by atoms with Crippen molar-refractivity contribution in [2.24, 2.45) is 29.4 Å². The Hall–Kier alpha value is -4.84. The number of imide groups is 1. The Morgan fingerprint density at radius 3 is 1.75 bits per heavy atom. The number of hydrogen-bond donors (Lipinski definition) is 2. The fourth-order valence-corrected chi connectivity index (χ4v) is 9.47. The SMILES string of the molecule is CC(C)(C)OC(=O)N1CC[C@@H]2[C@H](C1)[C@@]2(CN)c1ccccc1F.O=C(O)N1CC[C@@H]2[C@H](C1)[C@@]2(CN1C(=O)c2ccccc2C1=O)c1ccccc1F. The quantitative estimate of drug-likeness (QED) is 0.315. The number of nitrogens with two attached hydrogens (primary N) is 1. The zero-order valence-electron chi connectivity index (χ0n) is 29.6. The van der Waals surface area contributed by atoms with Crippen molar-refractivity contribution in [3.8, 4) is 0 Å². The van der Waals surface area contributed by atoms with Gasteiger partial charge in [-0.1, -0.05) is 48.5 Å². The van der Waals surface area contributed by atoms with Crippen molar-refractivity contribution in [1.29, 1.82) is 0 Å². The van der Waals surface area contributed by atoms with E-state index in [1.165, 1.54) is 21.9 Å². The van der Waals surface area contributed by atoms with E-state index in [2.05, 4.69) is 0 Å². The fourth-order valence-electron chi connectivity index (χ4n) is 9.47. The third-order valence-corrected chi connectivity index (χ3v) is 12.0. The molecule has 2 saturated heterocycles. The topological polar surface area (TPSA) is 133 Å². The Bertz CT molecular complexity index is 1900. The molecule has 0 spiro atoms. The van der Waals surface area contributed by atoms with E-state index in [1.807, 2.05) is 32.9 Å². The average molecular weight is 715 g/mol. The van der Waals surface area contributed by atoms with E-state index in [4.69, 9.17) is 10.5 Å². The first kappa shape index (κ1) is 35.6. The van der Waals surface area contributed by atoms with Crippen molar-refractivity contribution >= 4 is 24.0 Å². The lowest BCUT2D eigenvalue weighted by Crippen LogP contribution is -2.41. The summed E-state index contributed by atoms with van der Waals surface area (Å²) < 4.78 is 34.6. The van der Waals surface area contributed by atoms with Gasteiger partial charge >= 0.3 is 12.2 Å². The standard InChI is InChI=1S/C22H19FN2O4.C18H25FN2O2/c23-18-8-4-3-7-16(18)22(15-9-10-24(21(28)29)11-17(15)22)12-25-19(26)13-5-1-2-6-14(13)20(25)27;1-17(2,3)23-16(22)21-9-8-12-14(10-21)18(12,11-20)13-6-4-5-7-15(13)19/h1-8,15,17H,9-12H2,(H,28,29);4-7,12,14H,8-11,20H2,1-3H3/t15-,17+,22-;12-,14+,18-/m11/s1. The number of ether oxygens (including phenoxy) is 1. The second kappa shape index (κ2) is 13.0. The molecule has 10 nitrogen and oxygen atoms in total. The van der Waals surface area contributed by atoms with Gasteiger partial charge in [0.2, 0.25) is 0 Å². The molecule has 2 saturated carbocycles. The van der Waals surface area contributed by atoms with Gasteiger partial charge in [0.15, 0.2) is 0 Å². The molecule has 3 aromatic carbocycles. The molecule has 12 heteroatoms. The Labute approximate surface area is 301 Å². The molecule has 4 fully saturated rings. The largest absolute Gasteiger partial charge is 0.465 e. The lowest BCUT2D eigenvalue weighted by atomic mass is 9.89. The zero-order valence-corrected chi connectivity index (χ0v) is 29.6. The minimum Gasteiger partial charge on any atom is -0.465 e. The molecule has 3 aliphatic heterocycles. The van der Waals surface area contributed by atoms with E-state index >= 15 is 0 Å². The van der Waals surface area contributed by atoms with Gasteiger partial charge in [0.25, 0.3) is 11.8 Å². The van der Waals surface area contributed by atoms with Crippen LogP contribution in [0.15, 0.2) is 72.8 Å². The number of hydrogen-bond acceptors (Lipinski definition) is 6. The number of likely N-dealkylation sites (tertiary alicyclic amines) is 2. The molecule has 3 heterocycles. The van der Waals surface area contributed by atoms with Crippen LogP contribution in [0.2, 0.25) is 0 Å². The van der Waals surface area contributed by atoms with E-state index in [0.29, 0.717) is 60.8 Å². The molecular formula is C40H44F2N4O6. The highest BCUT2D eigenvalue weighted by Gasteiger charge is 2.69. The van der Waals surface area contributed by atoms with Crippen molar-refractivity contribution in [2.75, 3.05) is 39.3 Å². The molecule has 0 aromatic heterocycles. The number of nitrogens with zero attached hydrogens (tertiary/aromatic N) is 3. The number of piperidine rings is 2. The van der Waals surface area contributed by atoms with Crippen LogP contribution in [0, 0.1) is 35.3 Å². The second-order valence-electron chi connectivity index (χ2n) is 15.6. The van der Waals surface area contributed by atoms with Crippen LogP contribution < -0.4 is 5.73 Å². The van der Waals surface area contributed by atoms with E-state index in [0.717, 1.165) is 6.42 Å². The van der Waals surface area contributed by atoms with Gasteiger partial charge in [0, 0.05) is 50.1 Å². The van der Waals surface area contributed by atoms with E-state index in [-0.39, 0.29) is 65.8 Å². The maximum Gasteiger partial charge on any atom is 0.410 e. The predicted molar refractivity (Wildman–Crippen MR) is 188 cm³/mol. The Balaban J connectivity index is 0.000000167. The van der Waals surface area contributed by atoms with E-state index in [1.54, 1.807) is 53.4 Å². The number of benzene rings is 3. The van der Waals surface area contributed by atoms with Gasteiger partial charge in [-0.15, -0.1) is 0 Å². The van der Waals surface area contributed by atoms with Crippen LogP contribution in [0.5, 0.6) is 0 Å². The third-order valence-electron chi connectivity index (χ3n) is 12.0. The van der Waals surface area contributed by atoms with Crippen LogP contribution in [-0.4, -0.2) is 88.7 Å².